The van der Waals surface area contributed by atoms with Crippen LogP contribution in [0.25, 0.3) is 10.4 Å². The zero-order valence-electron chi connectivity index (χ0n) is 16.7. The Bertz CT molecular complexity index is 1060. The number of nitrogens with zero attached hydrogens (tertiary/aromatic N) is 2. The van der Waals surface area contributed by atoms with E-state index in [0.29, 0.717) is 6.61 Å². The fraction of sp³-hybridized carbons (Fsp3) is 0.292. The number of aryl methyl sites for hydroxylation is 1. The van der Waals surface area contributed by atoms with Gasteiger partial charge in [-0.1, -0.05) is 29.8 Å². The Morgan fingerprint density at radius 3 is 2.69 bits per heavy atom. The third kappa shape index (κ3) is 3.29. The fourth-order valence-electron chi connectivity index (χ4n) is 4.22. The number of benzene rings is 2. The zero-order valence-corrected chi connectivity index (χ0v) is 17.5. The van der Waals surface area contributed by atoms with Crippen molar-refractivity contribution in [1.82, 2.24) is 4.90 Å². The molecule has 148 valence electrons. The molecule has 1 saturated heterocycles. The molecule has 0 saturated carbocycles. The summed E-state index contributed by atoms with van der Waals surface area (Å²) in [6, 6.07) is 19.0. The average molecular weight is 405 g/mol. The molecule has 1 aromatic heterocycles. The molecule has 0 unspecified atom stereocenters. The van der Waals surface area contributed by atoms with Crippen LogP contribution in [0.15, 0.2) is 54.6 Å². The predicted molar refractivity (Wildman–Crippen MR) is 118 cm³/mol. The van der Waals surface area contributed by atoms with Crippen molar-refractivity contribution in [1.29, 1.82) is 0 Å². The number of thiophene rings is 1. The van der Waals surface area contributed by atoms with Gasteiger partial charge in [-0.15, -0.1) is 11.3 Å². The van der Waals surface area contributed by atoms with Crippen LogP contribution in [0.3, 0.4) is 0 Å². The van der Waals surface area contributed by atoms with Crippen LogP contribution >= 0.6 is 11.3 Å². The molecule has 0 spiro atoms. The Kier molecular flexibility index (Phi) is 4.55. The molecule has 3 aromatic rings. The molecule has 2 aromatic carbocycles. The molecular formula is C24H24N2O2S. The molecule has 1 fully saturated rings. The quantitative estimate of drug-likeness (QED) is 0.605. The Hall–Kier alpha value is -2.79. The van der Waals surface area contributed by atoms with Crippen LogP contribution in [0.4, 0.5) is 5.69 Å². The van der Waals surface area contributed by atoms with E-state index in [9.17, 15) is 4.79 Å². The van der Waals surface area contributed by atoms with Crippen molar-refractivity contribution in [3.63, 3.8) is 0 Å². The molecule has 1 atom stereocenters. The highest BCUT2D eigenvalue weighted by molar-refractivity contribution is 7.17. The number of para-hydroxylation sites is 1. The lowest BCUT2D eigenvalue weighted by atomic mass is 10.1. The number of rotatable bonds is 2. The largest absolute Gasteiger partial charge is 0.488 e. The number of carbonyl (C=O) groups excluding carboxylic acids is 1. The smallest absolute Gasteiger partial charge is 0.264 e. The van der Waals surface area contributed by atoms with Crippen LogP contribution in [0, 0.1) is 6.92 Å². The summed E-state index contributed by atoms with van der Waals surface area (Å²) in [4.78, 5) is 19.6. The number of hydrogen-bond acceptors (Lipinski definition) is 4. The molecule has 5 rings (SSSR count). The normalized spacial score (nSPS) is 18.1. The van der Waals surface area contributed by atoms with Gasteiger partial charge in [0.15, 0.2) is 0 Å². The number of anilines is 1. The van der Waals surface area contributed by atoms with E-state index in [2.05, 4.69) is 49.1 Å². The van der Waals surface area contributed by atoms with Gasteiger partial charge in [-0.25, -0.2) is 0 Å². The minimum Gasteiger partial charge on any atom is -0.488 e. The summed E-state index contributed by atoms with van der Waals surface area (Å²) >= 11 is 1.59. The maximum absolute atomic E-state index is 13.2. The summed E-state index contributed by atoms with van der Waals surface area (Å²) in [5, 5.41) is 0. The number of hydrogen-bond donors (Lipinski definition) is 0. The molecule has 0 radical (unpaired) electrons. The summed E-state index contributed by atoms with van der Waals surface area (Å²) in [7, 11) is 0. The monoisotopic (exact) mass is 404 g/mol. The molecule has 2 aliphatic heterocycles. The molecule has 4 nitrogen and oxygen atoms in total. The molecule has 0 aliphatic carbocycles. The molecule has 5 heteroatoms. The molecule has 29 heavy (non-hydrogen) atoms. The van der Waals surface area contributed by atoms with Crippen molar-refractivity contribution in [3.8, 4) is 16.2 Å². The van der Waals surface area contributed by atoms with Crippen molar-refractivity contribution in [2.24, 2.45) is 0 Å². The van der Waals surface area contributed by atoms with Crippen LogP contribution in [-0.2, 0) is 6.61 Å². The van der Waals surface area contributed by atoms with Crippen LogP contribution in [0.5, 0.6) is 5.75 Å². The molecule has 1 amide bonds. The van der Waals surface area contributed by atoms with Crippen molar-refractivity contribution in [2.45, 2.75) is 26.5 Å². The highest BCUT2D eigenvalue weighted by atomic mass is 32.1. The second kappa shape index (κ2) is 7.23. The van der Waals surface area contributed by atoms with Gasteiger partial charge in [-0.3, -0.25) is 4.79 Å². The van der Waals surface area contributed by atoms with Crippen molar-refractivity contribution < 1.29 is 9.53 Å². The molecule has 0 bridgehead atoms. The summed E-state index contributed by atoms with van der Waals surface area (Å²) in [6.07, 6.45) is 0. The number of fused-ring (bicyclic) bond motifs is 3. The lowest BCUT2D eigenvalue weighted by molar-refractivity contribution is 0.0731. The summed E-state index contributed by atoms with van der Waals surface area (Å²) in [6.45, 7) is 7.17. The summed E-state index contributed by atoms with van der Waals surface area (Å²) in [5.41, 5.74) is 4.71. The van der Waals surface area contributed by atoms with E-state index >= 15 is 0 Å². The van der Waals surface area contributed by atoms with Gasteiger partial charge in [-0.05, 0) is 44.2 Å². The van der Waals surface area contributed by atoms with Crippen LogP contribution < -0.4 is 9.64 Å². The first-order valence-corrected chi connectivity index (χ1v) is 10.9. The first-order valence-electron chi connectivity index (χ1n) is 10.1. The molecular weight excluding hydrogens is 380 g/mol. The predicted octanol–water partition coefficient (Wildman–Crippen LogP) is 4.97. The van der Waals surface area contributed by atoms with Gasteiger partial charge >= 0.3 is 0 Å². The second-order valence-electron chi connectivity index (χ2n) is 7.88. The average Bonchev–Trinajstić information content (AvgIpc) is 3.19. The maximum Gasteiger partial charge on any atom is 0.264 e. The van der Waals surface area contributed by atoms with Crippen LogP contribution in [0.1, 0.15) is 27.7 Å². The van der Waals surface area contributed by atoms with Gasteiger partial charge in [0.2, 0.25) is 0 Å². The first kappa shape index (κ1) is 18.3. The first-order chi connectivity index (χ1) is 14.1. The van der Waals surface area contributed by atoms with E-state index in [-0.39, 0.29) is 11.9 Å². The third-order valence-corrected chi connectivity index (χ3v) is 7.01. The Morgan fingerprint density at radius 2 is 1.90 bits per heavy atom. The van der Waals surface area contributed by atoms with Gasteiger partial charge in [0.1, 0.15) is 12.4 Å². The highest BCUT2D eigenvalue weighted by Gasteiger charge is 2.30. The SMILES string of the molecule is Cc1ccc(N2CCN(C(=O)c3cc4c(s3)-c3ccccc3OC4)C[C@@H]2C)cc1. The Morgan fingerprint density at radius 1 is 1.10 bits per heavy atom. The van der Waals surface area contributed by atoms with E-state index in [0.717, 1.165) is 41.4 Å². The Labute approximate surface area is 175 Å². The van der Waals surface area contributed by atoms with E-state index in [1.807, 2.05) is 29.2 Å². The summed E-state index contributed by atoms with van der Waals surface area (Å²) in [5.74, 6) is 1.04. The maximum atomic E-state index is 13.2. The van der Waals surface area contributed by atoms with Gasteiger partial charge in [0.05, 0.1) is 4.88 Å². The fourth-order valence-corrected chi connectivity index (χ4v) is 5.39. The third-order valence-electron chi connectivity index (χ3n) is 5.81. The molecule has 3 heterocycles. The standard InChI is InChI=1S/C24H24N2O2S/c1-16-7-9-19(10-8-16)26-12-11-25(14-17(26)2)24(27)22-13-18-15-28-21-6-4-3-5-20(21)23(18)29-22/h3-10,13,17H,11-12,14-15H2,1-2H3/t17-/m0/s1. The van der Waals surface area contributed by atoms with Crippen LogP contribution in [0.2, 0.25) is 0 Å². The van der Waals surface area contributed by atoms with Gasteiger partial charge in [0, 0.05) is 47.4 Å². The van der Waals surface area contributed by atoms with Gasteiger partial charge in [0.25, 0.3) is 5.91 Å². The zero-order chi connectivity index (χ0) is 20.0. The molecule has 2 aliphatic rings. The van der Waals surface area contributed by atoms with Crippen LogP contribution in [-0.4, -0.2) is 36.5 Å². The molecule has 0 N–H and O–H groups in total. The topological polar surface area (TPSA) is 32.8 Å². The Balaban J connectivity index is 1.34. The van der Waals surface area contributed by atoms with Crippen molar-refractivity contribution >= 4 is 22.9 Å². The number of amides is 1. The van der Waals surface area contributed by atoms with Crippen molar-refractivity contribution in [3.05, 3.63) is 70.6 Å². The van der Waals surface area contributed by atoms with E-state index in [1.165, 1.54) is 16.1 Å². The van der Waals surface area contributed by atoms with Gasteiger partial charge in [-0.2, -0.15) is 0 Å². The lowest BCUT2D eigenvalue weighted by Crippen LogP contribution is -2.53. The minimum absolute atomic E-state index is 0.136. The van der Waals surface area contributed by atoms with E-state index in [1.54, 1.807) is 11.3 Å². The number of ether oxygens (including phenoxy) is 1. The lowest BCUT2D eigenvalue weighted by Gasteiger charge is -2.41. The van der Waals surface area contributed by atoms with Crippen molar-refractivity contribution in [2.75, 3.05) is 24.5 Å². The second-order valence-corrected chi connectivity index (χ2v) is 8.93. The number of piperazine rings is 1. The van der Waals surface area contributed by atoms with E-state index in [4.69, 9.17) is 4.74 Å². The minimum atomic E-state index is 0.136. The van der Waals surface area contributed by atoms with E-state index < -0.39 is 0 Å². The van der Waals surface area contributed by atoms with Gasteiger partial charge < -0.3 is 14.5 Å². The highest BCUT2D eigenvalue weighted by Crippen LogP contribution is 2.42. The number of carbonyl (C=O) groups is 1. The summed E-state index contributed by atoms with van der Waals surface area (Å²) < 4.78 is 5.85.